The molecule has 1 aromatic carbocycles. The van der Waals surface area contributed by atoms with E-state index >= 15 is 0 Å². The monoisotopic (exact) mass is 352 g/mol. The number of halogens is 1. The SMILES string of the molecule is CCc1noc(C)c1C(=O)Nc1ccc(C(=O)O)cc1Br. The van der Waals surface area contributed by atoms with Crippen LogP contribution in [0.5, 0.6) is 0 Å². The summed E-state index contributed by atoms with van der Waals surface area (Å²) >= 11 is 3.24. The van der Waals surface area contributed by atoms with Gasteiger partial charge in [-0.05, 0) is 47.5 Å². The summed E-state index contributed by atoms with van der Waals surface area (Å²) in [6, 6.07) is 4.38. The zero-order valence-corrected chi connectivity index (χ0v) is 13.0. The minimum atomic E-state index is -1.03. The van der Waals surface area contributed by atoms with Gasteiger partial charge in [-0.25, -0.2) is 4.79 Å². The normalized spacial score (nSPS) is 10.4. The van der Waals surface area contributed by atoms with Crippen LogP contribution in [0.2, 0.25) is 0 Å². The van der Waals surface area contributed by atoms with E-state index in [1.54, 1.807) is 6.92 Å². The zero-order valence-electron chi connectivity index (χ0n) is 11.4. The Bertz CT molecular complexity index is 709. The molecule has 0 spiro atoms. The first-order chi connectivity index (χ1) is 9.93. The van der Waals surface area contributed by atoms with E-state index in [0.717, 1.165) is 0 Å². The number of aromatic nitrogens is 1. The number of carbonyl (C=O) groups excluding carboxylic acids is 1. The van der Waals surface area contributed by atoms with Gasteiger partial charge in [0.25, 0.3) is 5.91 Å². The highest BCUT2D eigenvalue weighted by Gasteiger charge is 2.20. The third kappa shape index (κ3) is 3.13. The maximum absolute atomic E-state index is 12.3. The number of hydrogen-bond donors (Lipinski definition) is 2. The molecule has 0 aliphatic heterocycles. The predicted octanol–water partition coefficient (Wildman–Crippen LogP) is 3.26. The summed E-state index contributed by atoms with van der Waals surface area (Å²) in [5.41, 5.74) is 1.61. The Morgan fingerprint density at radius 3 is 2.71 bits per heavy atom. The van der Waals surface area contributed by atoms with Crippen LogP contribution in [0.1, 0.15) is 39.1 Å². The topological polar surface area (TPSA) is 92.4 Å². The fourth-order valence-electron chi connectivity index (χ4n) is 1.88. The highest BCUT2D eigenvalue weighted by Crippen LogP contribution is 2.25. The molecular formula is C14H13BrN2O4. The first kappa shape index (κ1) is 15.2. The summed E-state index contributed by atoms with van der Waals surface area (Å²) < 4.78 is 5.51. The highest BCUT2D eigenvalue weighted by molar-refractivity contribution is 9.10. The standard InChI is InChI=1S/C14H13BrN2O4/c1-3-10-12(7(2)21-17-10)13(18)16-11-5-4-8(14(19)20)6-9(11)15/h4-6H,3H2,1-2H3,(H,16,18)(H,19,20). The number of nitrogens with one attached hydrogen (secondary N) is 1. The molecule has 7 heteroatoms. The third-order valence-corrected chi connectivity index (χ3v) is 3.62. The number of anilines is 1. The van der Waals surface area contributed by atoms with Gasteiger partial charge in [0.15, 0.2) is 0 Å². The van der Waals surface area contributed by atoms with Crippen LogP contribution in [-0.4, -0.2) is 22.1 Å². The minimum absolute atomic E-state index is 0.135. The molecule has 0 radical (unpaired) electrons. The van der Waals surface area contributed by atoms with Gasteiger partial charge in [-0.3, -0.25) is 4.79 Å². The summed E-state index contributed by atoms with van der Waals surface area (Å²) in [4.78, 5) is 23.2. The fraction of sp³-hybridized carbons (Fsp3) is 0.214. The molecule has 0 unspecified atom stereocenters. The average molecular weight is 353 g/mol. The molecule has 1 heterocycles. The summed E-state index contributed by atoms with van der Waals surface area (Å²) in [5.74, 6) is -0.922. The van der Waals surface area contributed by atoms with Crippen molar-refractivity contribution in [3.8, 4) is 0 Å². The van der Waals surface area contributed by atoms with Crippen LogP contribution in [0.3, 0.4) is 0 Å². The Kier molecular flexibility index (Phi) is 4.42. The molecule has 2 N–H and O–H groups in total. The number of aryl methyl sites for hydroxylation is 2. The van der Waals surface area contributed by atoms with Gasteiger partial charge < -0.3 is 14.9 Å². The van der Waals surface area contributed by atoms with E-state index in [1.165, 1.54) is 18.2 Å². The van der Waals surface area contributed by atoms with Gasteiger partial charge >= 0.3 is 5.97 Å². The van der Waals surface area contributed by atoms with Crippen LogP contribution in [0.15, 0.2) is 27.2 Å². The minimum Gasteiger partial charge on any atom is -0.478 e. The maximum Gasteiger partial charge on any atom is 0.335 e. The fourth-order valence-corrected chi connectivity index (χ4v) is 2.36. The van der Waals surface area contributed by atoms with Crippen molar-refractivity contribution in [1.29, 1.82) is 0 Å². The van der Waals surface area contributed by atoms with Crippen LogP contribution in [-0.2, 0) is 6.42 Å². The van der Waals surface area contributed by atoms with Crippen molar-refractivity contribution in [1.82, 2.24) is 5.16 Å². The largest absolute Gasteiger partial charge is 0.478 e. The number of benzene rings is 1. The number of rotatable bonds is 4. The van der Waals surface area contributed by atoms with Gasteiger partial charge in [0.05, 0.1) is 16.9 Å². The van der Waals surface area contributed by atoms with Gasteiger partial charge in [0.2, 0.25) is 0 Å². The number of carbonyl (C=O) groups is 2. The van der Waals surface area contributed by atoms with E-state index in [4.69, 9.17) is 9.63 Å². The number of hydrogen-bond acceptors (Lipinski definition) is 4. The number of amides is 1. The lowest BCUT2D eigenvalue weighted by molar-refractivity contribution is 0.0696. The van der Waals surface area contributed by atoms with E-state index in [0.29, 0.717) is 33.6 Å². The van der Waals surface area contributed by atoms with Crippen molar-refractivity contribution >= 4 is 33.5 Å². The Hall–Kier alpha value is -2.15. The molecule has 0 bridgehead atoms. The summed E-state index contributed by atoms with van der Waals surface area (Å²) in [5, 5.41) is 15.5. The Morgan fingerprint density at radius 1 is 1.43 bits per heavy atom. The van der Waals surface area contributed by atoms with Crippen molar-refractivity contribution in [2.24, 2.45) is 0 Å². The second kappa shape index (κ2) is 6.09. The molecule has 0 atom stereocenters. The van der Waals surface area contributed by atoms with Crippen molar-refractivity contribution in [2.75, 3.05) is 5.32 Å². The van der Waals surface area contributed by atoms with E-state index in [2.05, 4.69) is 26.4 Å². The molecule has 0 saturated carbocycles. The molecule has 6 nitrogen and oxygen atoms in total. The summed E-state index contributed by atoms with van der Waals surface area (Å²) in [6.45, 7) is 3.55. The Morgan fingerprint density at radius 2 is 2.14 bits per heavy atom. The zero-order chi connectivity index (χ0) is 15.6. The predicted molar refractivity (Wildman–Crippen MR) is 79.7 cm³/mol. The van der Waals surface area contributed by atoms with Crippen LogP contribution in [0.25, 0.3) is 0 Å². The lowest BCUT2D eigenvalue weighted by atomic mass is 10.1. The summed E-state index contributed by atoms with van der Waals surface area (Å²) in [6.07, 6.45) is 0.583. The van der Waals surface area contributed by atoms with Crippen molar-refractivity contribution in [3.05, 3.63) is 45.3 Å². The molecule has 2 rings (SSSR count). The third-order valence-electron chi connectivity index (χ3n) is 2.96. The van der Waals surface area contributed by atoms with E-state index in [9.17, 15) is 9.59 Å². The average Bonchev–Trinajstić information content (AvgIpc) is 2.81. The lowest BCUT2D eigenvalue weighted by Crippen LogP contribution is -2.15. The lowest BCUT2D eigenvalue weighted by Gasteiger charge is -2.08. The summed E-state index contributed by atoms with van der Waals surface area (Å²) in [7, 11) is 0. The molecule has 1 amide bonds. The number of nitrogens with zero attached hydrogens (tertiary/aromatic N) is 1. The first-order valence-corrected chi connectivity index (χ1v) is 7.02. The van der Waals surface area contributed by atoms with Crippen molar-refractivity contribution in [3.63, 3.8) is 0 Å². The second-order valence-corrected chi connectivity index (χ2v) is 5.22. The number of aromatic carboxylic acids is 1. The maximum atomic E-state index is 12.3. The van der Waals surface area contributed by atoms with Crippen molar-refractivity contribution in [2.45, 2.75) is 20.3 Å². The smallest absolute Gasteiger partial charge is 0.335 e. The van der Waals surface area contributed by atoms with Gasteiger partial charge in [-0.15, -0.1) is 0 Å². The van der Waals surface area contributed by atoms with Crippen LogP contribution < -0.4 is 5.32 Å². The molecule has 0 aliphatic carbocycles. The van der Waals surface area contributed by atoms with E-state index in [-0.39, 0.29) is 11.5 Å². The molecule has 0 saturated heterocycles. The van der Waals surface area contributed by atoms with E-state index < -0.39 is 5.97 Å². The molecular weight excluding hydrogens is 340 g/mol. The Balaban J connectivity index is 2.28. The van der Waals surface area contributed by atoms with Gasteiger partial charge in [-0.1, -0.05) is 12.1 Å². The second-order valence-electron chi connectivity index (χ2n) is 4.37. The molecule has 110 valence electrons. The molecule has 0 aliphatic rings. The van der Waals surface area contributed by atoms with Crippen molar-refractivity contribution < 1.29 is 19.2 Å². The van der Waals surface area contributed by atoms with Crippen LogP contribution in [0.4, 0.5) is 5.69 Å². The van der Waals surface area contributed by atoms with Gasteiger partial charge in [0, 0.05) is 4.47 Å². The quantitative estimate of drug-likeness (QED) is 0.880. The van der Waals surface area contributed by atoms with Gasteiger partial charge in [-0.2, -0.15) is 0 Å². The highest BCUT2D eigenvalue weighted by atomic mass is 79.9. The van der Waals surface area contributed by atoms with Crippen LogP contribution >= 0.6 is 15.9 Å². The first-order valence-electron chi connectivity index (χ1n) is 6.23. The van der Waals surface area contributed by atoms with Crippen LogP contribution in [0, 0.1) is 6.92 Å². The molecule has 1 aromatic heterocycles. The van der Waals surface area contributed by atoms with Gasteiger partial charge in [0.1, 0.15) is 11.3 Å². The van der Waals surface area contributed by atoms with E-state index in [1.807, 2.05) is 6.92 Å². The Labute approximate surface area is 129 Å². The molecule has 21 heavy (non-hydrogen) atoms. The number of carboxylic acid groups (broad SMARTS) is 1. The molecule has 0 fully saturated rings. The number of carboxylic acids is 1. The molecule has 2 aromatic rings.